The summed E-state index contributed by atoms with van der Waals surface area (Å²) < 4.78 is 5.31. The number of methoxy groups -OCH3 is 1. The fourth-order valence-corrected chi connectivity index (χ4v) is 3.15. The molecule has 0 unspecified atom stereocenters. The van der Waals surface area contributed by atoms with Crippen LogP contribution >= 0.6 is 0 Å². The van der Waals surface area contributed by atoms with Crippen molar-refractivity contribution < 1.29 is 4.74 Å². The molecule has 1 heterocycles. The molecule has 1 aliphatic heterocycles. The summed E-state index contributed by atoms with van der Waals surface area (Å²) in [4.78, 5) is 0. The van der Waals surface area contributed by atoms with Gasteiger partial charge in [-0.2, -0.15) is 0 Å². The Kier molecular flexibility index (Phi) is 4.12. The van der Waals surface area contributed by atoms with Crippen molar-refractivity contribution >= 4 is 17.3 Å². The van der Waals surface area contributed by atoms with Gasteiger partial charge in [0.2, 0.25) is 0 Å². The third-order valence-corrected chi connectivity index (χ3v) is 4.43. The highest BCUT2D eigenvalue weighted by molar-refractivity contribution is 5.89. The SMILES string of the molecule is COc1cccc(C=C=C2c3ccccc3CNc3ccccc32)c1. The number of nitrogens with one attached hydrogen (secondary N) is 1. The highest BCUT2D eigenvalue weighted by Crippen LogP contribution is 2.34. The van der Waals surface area contributed by atoms with Gasteiger partial charge in [-0.3, -0.25) is 0 Å². The minimum absolute atomic E-state index is 0.817. The van der Waals surface area contributed by atoms with Crippen LogP contribution < -0.4 is 10.1 Å². The summed E-state index contributed by atoms with van der Waals surface area (Å²) in [6, 6.07) is 24.9. The topological polar surface area (TPSA) is 21.3 Å². The lowest BCUT2D eigenvalue weighted by molar-refractivity contribution is 0.414. The number of para-hydroxylation sites is 1. The molecule has 0 radical (unpaired) electrons. The first kappa shape index (κ1) is 15.3. The average molecular weight is 325 g/mol. The van der Waals surface area contributed by atoms with Gasteiger partial charge in [0.15, 0.2) is 0 Å². The zero-order valence-corrected chi connectivity index (χ0v) is 14.1. The molecule has 2 heteroatoms. The Bertz CT molecular complexity index is 931. The van der Waals surface area contributed by atoms with E-state index in [-0.39, 0.29) is 0 Å². The first-order chi connectivity index (χ1) is 12.3. The van der Waals surface area contributed by atoms with Gasteiger partial charge >= 0.3 is 0 Å². The maximum absolute atomic E-state index is 5.31. The third-order valence-electron chi connectivity index (χ3n) is 4.43. The van der Waals surface area contributed by atoms with Crippen LogP contribution in [0.3, 0.4) is 0 Å². The molecule has 0 saturated carbocycles. The lowest BCUT2D eigenvalue weighted by Gasteiger charge is -2.08. The van der Waals surface area contributed by atoms with Crippen molar-refractivity contribution in [3.63, 3.8) is 0 Å². The van der Waals surface area contributed by atoms with Crippen LogP contribution in [0, 0.1) is 0 Å². The van der Waals surface area contributed by atoms with Gasteiger partial charge in [0.1, 0.15) is 5.75 Å². The van der Waals surface area contributed by atoms with E-state index in [4.69, 9.17) is 4.74 Å². The Morgan fingerprint density at radius 1 is 0.920 bits per heavy atom. The van der Waals surface area contributed by atoms with Crippen LogP contribution in [-0.4, -0.2) is 7.11 Å². The zero-order chi connectivity index (χ0) is 17.1. The second-order valence-electron chi connectivity index (χ2n) is 6.00. The van der Waals surface area contributed by atoms with Crippen molar-refractivity contribution in [1.82, 2.24) is 0 Å². The quantitative estimate of drug-likeness (QED) is 0.640. The third kappa shape index (κ3) is 3.08. The summed E-state index contributed by atoms with van der Waals surface area (Å²) in [5.41, 5.74) is 10.5. The maximum atomic E-state index is 5.31. The van der Waals surface area contributed by atoms with Crippen LogP contribution in [0.15, 0.2) is 78.5 Å². The molecular formula is C23H19NO. The first-order valence-electron chi connectivity index (χ1n) is 8.37. The molecule has 1 aliphatic rings. The predicted octanol–water partition coefficient (Wildman–Crippen LogP) is 5.36. The molecule has 4 rings (SSSR count). The van der Waals surface area contributed by atoms with E-state index in [1.165, 1.54) is 16.7 Å². The highest BCUT2D eigenvalue weighted by atomic mass is 16.5. The second kappa shape index (κ2) is 6.72. The van der Waals surface area contributed by atoms with E-state index in [1.54, 1.807) is 7.11 Å². The Hall–Kier alpha value is -3.22. The lowest BCUT2D eigenvalue weighted by Crippen LogP contribution is -1.98. The van der Waals surface area contributed by atoms with Crippen LogP contribution in [-0.2, 0) is 6.54 Å². The standard InChI is InChI=1S/C23H19NO/c1-25-19-9-6-7-17(15-19)13-14-21-20-10-3-2-8-18(20)16-24-23-12-5-4-11-22(21)23/h2-13,15,24H,16H2,1H3. The van der Waals surface area contributed by atoms with Crippen LogP contribution in [0.5, 0.6) is 5.75 Å². The zero-order valence-electron chi connectivity index (χ0n) is 14.1. The van der Waals surface area contributed by atoms with Gasteiger partial charge < -0.3 is 10.1 Å². The molecule has 25 heavy (non-hydrogen) atoms. The van der Waals surface area contributed by atoms with Crippen molar-refractivity contribution in [2.75, 3.05) is 12.4 Å². The number of anilines is 1. The van der Waals surface area contributed by atoms with Gasteiger partial charge in [0, 0.05) is 23.4 Å². The molecule has 3 aromatic rings. The fourth-order valence-electron chi connectivity index (χ4n) is 3.15. The van der Waals surface area contributed by atoms with Crippen LogP contribution in [0.4, 0.5) is 5.69 Å². The summed E-state index contributed by atoms with van der Waals surface area (Å²) in [6.07, 6.45) is 2.02. The molecule has 0 saturated heterocycles. The van der Waals surface area contributed by atoms with E-state index in [1.807, 2.05) is 24.3 Å². The number of benzene rings is 3. The normalized spacial score (nSPS) is 12.1. The molecule has 0 atom stereocenters. The summed E-state index contributed by atoms with van der Waals surface area (Å²) >= 11 is 0. The van der Waals surface area contributed by atoms with Gasteiger partial charge in [0.05, 0.1) is 7.11 Å². The van der Waals surface area contributed by atoms with Crippen LogP contribution in [0.2, 0.25) is 0 Å². The summed E-state index contributed by atoms with van der Waals surface area (Å²) in [6.45, 7) is 0.817. The number of rotatable bonds is 2. The van der Waals surface area contributed by atoms with Gasteiger partial charge in [-0.15, -0.1) is 5.73 Å². The first-order valence-corrected chi connectivity index (χ1v) is 8.37. The fraction of sp³-hybridized carbons (Fsp3) is 0.0870. The maximum Gasteiger partial charge on any atom is 0.119 e. The molecule has 0 aliphatic carbocycles. The van der Waals surface area contributed by atoms with Crippen molar-refractivity contribution in [3.8, 4) is 5.75 Å². The average Bonchev–Trinajstić information content (AvgIpc) is 2.83. The number of hydrogen-bond acceptors (Lipinski definition) is 2. The van der Waals surface area contributed by atoms with E-state index in [0.29, 0.717) is 0 Å². The van der Waals surface area contributed by atoms with E-state index in [9.17, 15) is 0 Å². The molecular weight excluding hydrogens is 306 g/mol. The minimum Gasteiger partial charge on any atom is -0.497 e. The monoisotopic (exact) mass is 325 g/mol. The smallest absolute Gasteiger partial charge is 0.119 e. The van der Waals surface area contributed by atoms with Crippen LogP contribution in [0.25, 0.3) is 11.6 Å². The molecule has 0 amide bonds. The van der Waals surface area contributed by atoms with Gasteiger partial charge in [-0.25, -0.2) is 0 Å². The number of hydrogen-bond donors (Lipinski definition) is 1. The lowest BCUT2D eigenvalue weighted by atomic mass is 9.95. The Morgan fingerprint density at radius 2 is 1.72 bits per heavy atom. The van der Waals surface area contributed by atoms with Crippen molar-refractivity contribution in [2.24, 2.45) is 0 Å². The summed E-state index contributed by atoms with van der Waals surface area (Å²) in [5.74, 6) is 0.851. The number of ether oxygens (including phenoxy) is 1. The number of fused-ring (bicyclic) bond motifs is 2. The summed E-state index contributed by atoms with van der Waals surface area (Å²) in [5, 5.41) is 3.53. The van der Waals surface area contributed by atoms with Crippen molar-refractivity contribution in [1.29, 1.82) is 0 Å². The molecule has 0 spiro atoms. The van der Waals surface area contributed by atoms with Gasteiger partial charge in [0.25, 0.3) is 0 Å². The molecule has 122 valence electrons. The largest absolute Gasteiger partial charge is 0.497 e. The highest BCUT2D eigenvalue weighted by Gasteiger charge is 2.16. The van der Waals surface area contributed by atoms with E-state index < -0.39 is 0 Å². The van der Waals surface area contributed by atoms with Gasteiger partial charge in [-0.05, 0) is 41.0 Å². The molecule has 0 bridgehead atoms. The molecule has 1 N–H and O–H groups in total. The van der Waals surface area contributed by atoms with E-state index >= 15 is 0 Å². The Labute approximate surface area is 148 Å². The minimum atomic E-state index is 0.817. The second-order valence-corrected chi connectivity index (χ2v) is 6.00. The molecule has 0 fully saturated rings. The molecule has 2 nitrogen and oxygen atoms in total. The van der Waals surface area contributed by atoms with Gasteiger partial charge in [-0.1, -0.05) is 54.6 Å². The van der Waals surface area contributed by atoms with E-state index in [0.717, 1.165) is 29.1 Å². The Balaban J connectivity index is 1.91. The summed E-state index contributed by atoms with van der Waals surface area (Å²) in [7, 11) is 1.69. The predicted molar refractivity (Wildman–Crippen MR) is 104 cm³/mol. The Morgan fingerprint density at radius 3 is 2.60 bits per heavy atom. The van der Waals surface area contributed by atoms with Crippen molar-refractivity contribution in [3.05, 3.63) is 101 Å². The van der Waals surface area contributed by atoms with Crippen LogP contribution in [0.1, 0.15) is 22.3 Å². The van der Waals surface area contributed by atoms with Crippen molar-refractivity contribution in [2.45, 2.75) is 6.54 Å². The molecule has 3 aromatic carbocycles. The molecule has 0 aromatic heterocycles. The van der Waals surface area contributed by atoms with E-state index in [2.05, 4.69) is 65.6 Å².